The van der Waals surface area contributed by atoms with Gasteiger partial charge in [0.2, 0.25) is 5.54 Å². The van der Waals surface area contributed by atoms with E-state index >= 15 is 0 Å². The van der Waals surface area contributed by atoms with E-state index in [9.17, 15) is 19.2 Å². The van der Waals surface area contributed by atoms with Crippen LogP contribution in [0.5, 0.6) is 0 Å². The maximum atomic E-state index is 13.8. The zero-order valence-electron chi connectivity index (χ0n) is 18.0. The number of anilines is 1. The lowest BCUT2D eigenvalue weighted by Crippen LogP contribution is -2.63. The van der Waals surface area contributed by atoms with Crippen molar-refractivity contribution in [3.63, 3.8) is 0 Å². The topological polar surface area (TPSA) is 94.9 Å². The van der Waals surface area contributed by atoms with Crippen LogP contribution >= 0.6 is 23.2 Å². The highest BCUT2D eigenvalue weighted by molar-refractivity contribution is 6.42. The summed E-state index contributed by atoms with van der Waals surface area (Å²) < 4.78 is 11.8. The van der Waals surface area contributed by atoms with Gasteiger partial charge in [0.1, 0.15) is 11.3 Å². The summed E-state index contributed by atoms with van der Waals surface area (Å²) in [6, 6.07) is 7.13. The molecule has 1 aliphatic heterocycles. The molecule has 1 unspecified atom stereocenters. The molecule has 1 aliphatic rings. The van der Waals surface area contributed by atoms with Crippen LogP contribution < -0.4 is 4.90 Å². The Morgan fingerprint density at radius 3 is 2.38 bits per heavy atom. The lowest BCUT2D eigenvalue weighted by Gasteiger charge is -2.40. The Balaban J connectivity index is 2.22. The van der Waals surface area contributed by atoms with E-state index in [1.807, 2.05) is 0 Å². The van der Waals surface area contributed by atoms with Crippen molar-refractivity contribution >= 4 is 52.6 Å². The van der Waals surface area contributed by atoms with Gasteiger partial charge in [0, 0.05) is 6.20 Å². The van der Waals surface area contributed by atoms with Gasteiger partial charge in [0.25, 0.3) is 11.8 Å². The van der Waals surface area contributed by atoms with Crippen molar-refractivity contribution in [2.45, 2.75) is 45.3 Å². The molecule has 0 aliphatic carbocycles. The second-order valence-electron chi connectivity index (χ2n) is 8.15. The van der Waals surface area contributed by atoms with E-state index in [2.05, 4.69) is 0 Å². The summed E-state index contributed by atoms with van der Waals surface area (Å²) >= 11 is 12.1. The van der Waals surface area contributed by atoms with E-state index in [0.29, 0.717) is 0 Å². The van der Waals surface area contributed by atoms with Crippen molar-refractivity contribution < 1.29 is 28.7 Å². The largest absolute Gasteiger partial charge is 0.464 e. The minimum atomic E-state index is -2.18. The highest BCUT2D eigenvalue weighted by atomic mass is 35.5. The van der Waals surface area contributed by atoms with Crippen LogP contribution in [0.1, 0.15) is 44.6 Å². The van der Waals surface area contributed by atoms with Crippen LogP contribution in [0.2, 0.25) is 10.0 Å². The first-order valence-electron chi connectivity index (χ1n) is 9.83. The standard InChI is InChI=1S/C22H22Cl2N2O6/c1-5-31-20(30)22(12-17(27)32-21(2,3)4)19(29)26(13-8-9-14(23)15(24)11-13)18(28)16-7-6-10-25(16)22/h6-11H,5,12H2,1-4H3. The molecule has 1 atom stereocenters. The summed E-state index contributed by atoms with van der Waals surface area (Å²) in [7, 11) is 0. The first-order chi connectivity index (χ1) is 14.9. The first kappa shape index (κ1) is 23.8. The summed E-state index contributed by atoms with van der Waals surface area (Å²) in [5.74, 6) is -3.44. The summed E-state index contributed by atoms with van der Waals surface area (Å²) in [6.07, 6.45) is 0.716. The van der Waals surface area contributed by atoms with Crippen molar-refractivity contribution in [3.05, 3.63) is 52.3 Å². The minimum Gasteiger partial charge on any atom is -0.464 e. The maximum absolute atomic E-state index is 13.8. The average molecular weight is 481 g/mol. The number of benzene rings is 1. The van der Waals surface area contributed by atoms with Gasteiger partial charge in [-0.05, 0) is 58.0 Å². The molecule has 10 heteroatoms. The summed E-state index contributed by atoms with van der Waals surface area (Å²) in [5, 5.41) is 0.334. The lowest BCUT2D eigenvalue weighted by molar-refractivity contribution is -0.169. The molecule has 32 heavy (non-hydrogen) atoms. The van der Waals surface area contributed by atoms with Gasteiger partial charge in [-0.15, -0.1) is 0 Å². The van der Waals surface area contributed by atoms with Crippen LogP contribution in [-0.2, 0) is 29.4 Å². The van der Waals surface area contributed by atoms with E-state index in [1.54, 1.807) is 27.7 Å². The fourth-order valence-corrected chi connectivity index (χ4v) is 3.79. The fraction of sp³-hybridized carbons (Fsp3) is 0.364. The Morgan fingerprint density at radius 2 is 1.78 bits per heavy atom. The number of imide groups is 1. The third-order valence-electron chi connectivity index (χ3n) is 4.73. The predicted molar refractivity (Wildman–Crippen MR) is 118 cm³/mol. The number of hydrogen-bond donors (Lipinski definition) is 0. The van der Waals surface area contributed by atoms with Crippen molar-refractivity contribution in [3.8, 4) is 0 Å². The van der Waals surface area contributed by atoms with Crippen LogP contribution in [0.25, 0.3) is 0 Å². The number of carbonyl (C=O) groups is 4. The monoisotopic (exact) mass is 480 g/mol. The molecule has 0 fully saturated rings. The van der Waals surface area contributed by atoms with Gasteiger partial charge in [-0.2, -0.15) is 0 Å². The number of hydrogen-bond acceptors (Lipinski definition) is 6. The SMILES string of the molecule is CCOC(=O)C1(CC(=O)OC(C)(C)C)C(=O)N(c2ccc(Cl)c(Cl)c2)C(=O)c2cccn21. The van der Waals surface area contributed by atoms with Crippen LogP contribution in [0.15, 0.2) is 36.5 Å². The summed E-state index contributed by atoms with van der Waals surface area (Å²) in [4.78, 5) is 53.9. The molecule has 2 aromatic rings. The summed E-state index contributed by atoms with van der Waals surface area (Å²) in [6.45, 7) is 6.52. The lowest BCUT2D eigenvalue weighted by atomic mass is 9.89. The molecule has 0 saturated heterocycles. The number of amides is 2. The highest BCUT2D eigenvalue weighted by Gasteiger charge is 2.59. The molecule has 1 aromatic carbocycles. The minimum absolute atomic E-state index is 0.0206. The Hall–Kier alpha value is -2.84. The van der Waals surface area contributed by atoms with Gasteiger partial charge in [0.05, 0.1) is 28.8 Å². The molecule has 0 saturated carbocycles. The van der Waals surface area contributed by atoms with Gasteiger partial charge in [-0.1, -0.05) is 23.2 Å². The van der Waals surface area contributed by atoms with Gasteiger partial charge in [-0.3, -0.25) is 14.4 Å². The normalized spacial score (nSPS) is 18.4. The molecule has 2 amide bonds. The molecule has 0 N–H and O–H groups in total. The quantitative estimate of drug-likeness (QED) is 0.365. The maximum Gasteiger partial charge on any atom is 0.342 e. The number of nitrogens with zero attached hydrogens (tertiary/aromatic N) is 2. The van der Waals surface area contributed by atoms with Crippen LogP contribution in [0, 0.1) is 0 Å². The van der Waals surface area contributed by atoms with Crippen molar-refractivity contribution in [1.29, 1.82) is 0 Å². The summed E-state index contributed by atoms with van der Waals surface area (Å²) in [5.41, 5.74) is -2.92. The number of ether oxygens (including phenoxy) is 2. The van der Waals surface area contributed by atoms with E-state index < -0.39 is 41.3 Å². The molecule has 2 heterocycles. The Kier molecular flexibility index (Phi) is 6.40. The van der Waals surface area contributed by atoms with Crippen molar-refractivity contribution in [1.82, 2.24) is 4.57 Å². The number of rotatable bonds is 5. The third-order valence-corrected chi connectivity index (χ3v) is 5.47. The Bertz CT molecular complexity index is 1100. The van der Waals surface area contributed by atoms with Gasteiger partial charge < -0.3 is 14.0 Å². The van der Waals surface area contributed by atoms with Gasteiger partial charge >= 0.3 is 11.9 Å². The number of fused-ring (bicyclic) bond motifs is 1. The van der Waals surface area contributed by atoms with E-state index in [4.69, 9.17) is 32.7 Å². The molecule has 1 aromatic heterocycles. The van der Waals surface area contributed by atoms with E-state index in [-0.39, 0.29) is 28.0 Å². The molecular weight excluding hydrogens is 459 g/mol. The Morgan fingerprint density at radius 1 is 1.09 bits per heavy atom. The van der Waals surface area contributed by atoms with Crippen molar-refractivity contribution in [2.75, 3.05) is 11.5 Å². The van der Waals surface area contributed by atoms with E-state index in [1.165, 1.54) is 41.1 Å². The molecule has 170 valence electrons. The molecule has 3 rings (SSSR count). The zero-order chi connectivity index (χ0) is 23.8. The zero-order valence-corrected chi connectivity index (χ0v) is 19.5. The van der Waals surface area contributed by atoms with E-state index in [0.717, 1.165) is 4.90 Å². The number of aromatic nitrogens is 1. The molecular formula is C22H22Cl2N2O6. The van der Waals surface area contributed by atoms with Crippen molar-refractivity contribution in [2.24, 2.45) is 0 Å². The van der Waals surface area contributed by atoms with Crippen LogP contribution in [0.4, 0.5) is 5.69 Å². The number of halogens is 2. The number of esters is 2. The van der Waals surface area contributed by atoms with Gasteiger partial charge in [-0.25, -0.2) is 9.69 Å². The highest BCUT2D eigenvalue weighted by Crippen LogP contribution is 2.38. The second-order valence-corrected chi connectivity index (χ2v) is 8.97. The van der Waals surface area contributed by atoms with Crippen LogP contribution in [-0.4, -0.2) is 40.5 Å². The third kappa shape index (κ3) is 4.12. The fourth-order valence-electron chi connectivity index (χ4n) is 3.50. The van der Waals surface area contributed by atoms with Crippen LogP contribution in [0.3, 0.4) is 0 Å². The second kappa shape index (κ2) is 8.60. The smallest absolute Gasteiger partial charge is 0.342 e. The van der Waals surface area contributed by atoms with Gasteiger partial charge in [0.15, 0.2) is 0 Å². The first-order valence-corrected chi connectivity index (χ1v) is 10.6. The molecule has 8 nitrogen and oxygen atoms in total. The molecule has 0 bridgehead atoms. The Labute approximate surface area is 195 Å². The molecule has 0 spiro atoms. The number of carbonyl (C=O) groups excluding carboxylic acids is 4. The predicted octanol–water partition coefficient (Wildman–Crippen LogP) is 3.97. The average Bonchev–Trinajstić information content (AvgIpc) is 3.17. The molecule has 0 radical (unpaired) electrons.